The summed E-state index contributed by atoms with van der Waals surface area (Å²) in [5.41, 5.74) is 10.9. The molecule has 9 aromatic rings. The van der Waals surface area contributed by atoms with Crippen LogP contribution in [-0.2, 0) is 0 Å². The van der Waals surface area contributed by atoms with Gasteiger partial charge in [0.25, 0.3) is 0 Å². The molecule has 9 rings (SSSR count). The van der Waals surface area contributed by atoms with Crippen molar-refractivity contribution in [3.63, 3.8) is 0 Å². The fourth-order valence-electron chi connectivity index (χ4n) is 7.01. The van der Waals surface area contributed by atoms with Crippen LogP contribution in [0, 0.1) is 0 Å². The van der Waals surface area contributed by atoms with E-state index in [1.807, 2.05) is 6.20 Å². The van der Waals surface area contributed by atoms with E-state index in [1.165, 1.54) is 38.2 Å². The van der Waals surface area contributed by atoms with E-state index in [0.29, 0.717) is 0 Å². The lowest BCUT2D eigenvalue weighted by Gasteiger charge is -2.17. The third-order valence-corrected chi connectivity index (χ3v) is 9.09. The summed E-state index contributed by atoms with van der Waals surface area (Å²) in [6.07, 6.45) is 1.91. The second kappa shape index (κ2) is 10.8. The molecule has 2 heteroatoms. The van der Waals surface area contributed by atoms with Crippen LogP contribution >= 0.6 is 0 Å². The summed E-state index contributed by atoms with van der Waals surface area (Å²) >= 11 is 0. The van der Waals surface area contributed by atoms with Crippen LogP contribution in [-0.4, -0.2) is 9.97 Å². The Morgan fingerprint density at radius 2 is 0.978 bits per heavy atom. The van der Waals surface area contributed by atoms with Gasteiger partial charge in [-0.3, -0.25) is 4.98 Å². The van der Waals surface area contributed by atoms with Crippen molar-refractivity contribution < 1.29 is 0 Å². The summed E-state index contributed by atoms with van der Waals surface area (Å²) in [5.74, 6) is 0. The Balaban J connectivity index is 1.41. The Labute approximate surface area is 267 Å². The first kappa shape index (κ1) is 26.3. The number of hydrogen-bond donors (Lipinski definition) is 0. The Morgan fingerprint density at radius 1 is 0.370 bits per heavy atom. The normalized spacial score (nSPS) is 11.5. The predicted octanol–water partition coefficient (Wildman–Crippen LogP) is 11.8. The molecule has 0 atom stereocenters. The summed E-state index contributed by atoms with van der Waals surface area (Å²) in [6, 6.07) is 58.3. The topological polar surface area (TPSA) is 25.8 Å². The summed E-state index contributed by atoms with van der Waals surface area (Å²) in [6.45, 7) is 0. The fraction of sp³-hybridized carbons (Fsp3) is 0. The molecule has 0 saturated carbocycles. The summed E-state index contributed by atoms with van der Waals surface area (Å²) in [4.78, 5) is 10.5. The van der Waals surface area contributed by atoms with Gasteiger partial charge in [0.2, 0.25) is 0 Å². The van der Waals surface area contributed by atoms with Crippen LogP contribution in [0.15, 0.2) is 170 Å². The molecule has 0 spiro atoms. The first-order valence-corrected chi connectivity index (χ1v) is 15.7. The van der Waals surface area contributed by atoms with Crippen molar-refractivity contribution in [3.8, 4) is 44.6 Å². The van der Waals surface area contributed by atoms with E-state index < -0.39 is 0 Å². The van der Waals surface area contributed by atoms with Crippen LogP contribution in [0.5, 0.6) is 0 Å². The first-order chi connectivity index (χ1) is 22.8. The van der Waals surface area contributed by atoms with Gasteiger partial charge in [-0.05, 0) is 73.1 Å². The molecular formula is C44H28N2. The summed E-state index contributed by atoms with van der Waals surface area (Å²) < 4.78 is 0. The third-order valence-electron chi connectivity index (χ3n) is 9.09. The van der Waals surface area contributed by atoms with Crippen LogP contribution < -0.4 is 0 Å². The molecule has 0 aliphatic rings. The maximum absolute atomic E-state index is 5.50. The lowest BCUT2D eigenvalue weighted by Crippen LogP contribution is -1.95. The molecule has 2 heterocycles. The first-order valence-electron chi connectivity index (χ1n) is 15.7. The zero-order valence-electron chi connectivity index (χ0n) is 25.1. The molecular weight excluding hydrogens is 556 g/mol. The van der Waals surface area contributed by atoms with Crippen molar-refractivity contribution in [1.29, 1.82) is 0 Å². The third kappa shape index (κ3) is 4.27. The van der Waals surface area contributed by atoms with E-state index in [-0.39, 0.29) is 0 Å². The van der Waals surface area contributed by atoms with Gasteiger partial charge in [0.1, 0.15) is 0 Å². The van der Waals surface area contributed by atoms with Gasteiger partial charge < -0.3 is 0 Å². The molecule has 2 nitrogen and oxygen atoms in total. The SMILES string of the molecule is c1ccc(-c2ccnc3c2ccc2c(-c4ccccc4)cc(-c4cccc5cc6ccccc6c(-c6ccccc6)c45)nc23)cc1. The number of aromatic nitrogens is 2. The Kier molecular flexibility index (Phi) is 6.17. The number of benzene rings is 7. The van der Waals surface area contributed by atoms with Crippen molar-refractivity contribution >= 4 is 43.4 Å². The van der Waals surface area contributed by atoms with Gasteiger partial charge in [-0.15, -0.1) is 0 Å². The Morgan fingerprint density at radius 3 is 1.72 bits per heavy atom. The molecule has 0 fully saturated rings. The smallest absolute Gasteiger partial charge is 0.0978 e. The van der Waals surface area contributed by atoms with E-state index >= 15 is 0 Å². The van der Waals surface area contributed by atoms with Crippen molar-refractivity contribution in [2.45, 2.75) is 0 Å². The van der Waals surface area contributed by atoms with Gasteiger partial charge in [0, 0.05) is 22.5 Å². The van der Waals surface area contributed by atoms with Crippen molar-refractivity contribution in [2.24, 2.45) is 0 Å². The summed E-state index contributed by atoms with van der Waals surface area (Å²) in [5, 5.41) is 7.05. The predicted molar refractivity (Wildman–Crippen MR) is 194 cm³/mol. The second-order valence-corrected chi connectivity index (χ2v) is 11.7. The Bertz CT molecular complexity index is 2560. The molecule has 0 N–H and O–H groups in total. The molecule has 2 aromatic heterocycles. The average Bonchev–Trinajstić information content (AvgIpc) is 3.14. The molecule has 0 aliphatic carbocycles. The molecule has 7 aromatic carbocycles. The van der Waals surface area contributed by atoms with Crippen LogP contribution in [0.1, 0.15) is 0 Å². The van der Waals surface area contributed by atoms with Crippen molar-refractivity contribution in [2.75, 3.05) is 0 Å². The lowest BCUT2D eigenvalue weighted by molar-refractivity contribution is 1.37. The minimum absolute atomic E-state index is 0.908. The molecule has 214 valence electrons. The van der Waals surface area contributed by atoms with Crippen LogP contribution in [0.3, 0.4) is 0 Å². The average molecular weight is 585 g/mol. The van der Waals surface area contributed by atoms with E-state index in [1.54, 1.807) is 0 Å². The van der Waals surface area contributed by atoms with Crippen LogP contribution in [0.25, 0.3) is 88.0 Å². The van der Waals surface area contributed by atoms with E-state index in [4.69, 9.17) is 9.97 Å². The van der Waals surface area contributed by atoms with Gasteiger partial charge in [-0.2, -0.15) is 0 Å². The van der Waals surface area contributed by atoms with Crippen molar-refractivity contribution in [3.05, 3.63) is 170 Å². The second-order valence-electron chi connectivity index (χ2n) is 11.7. The highest BCUT2D eigenvalue weighted by atomic mass is 14.8. The molecule has 0 saturated heterocycles. The number of nitrogens with zero attached hydrogens (tertiary/aromatic N) is 2. The van der Waals surface area contributed by atoms with Crippen LogP contribution in [0.2, 0.25) is 0 Å². The minimum Gasteiger partial charge on any atom is -0.254 e. The quantitative estimate of drug-likeness (QED) is 0.152. The Hall–Kier alpha value is -6.12. The molecule has 0 unspecified atom stereocenters. The largest absolute Gasteiger partial charge is 0.254 e. The zero-order valence-corrected chi connectivity index (χ0v) is 25.1. The van der Waals surface area contributed by atoms with Crippen molar-refractivity contribution in [1.82, 2.24) is 9.97 Å². The highest BCUT2D eigenvalue weighted by Crippen LogP contribution is 2.43. The highest BCUT2D eigenvalue weighted by Gasteiger charge is 2.19. The van der Waals surface area contributed by atoms with Gasteiger partial charge in [0.05, 0.1) is 16.7 Å². The maximum atomic E-state index is 5.50. The number of rotatable bonds is 4. The molecule has 0 aliphatic heterocycles. The number of fused-ring (bicyclic) bond motifs is 5. The van der Waals surface area contributed by atoms with E-state index in [9.17, 15) is 0 Å². The van der Waals surface area contributed by atoms with Gasteiger partial charge in [-0.25, -0.2) is 4.98 Å². The minimum atomic E-state index is 0.908. The number of hydrogen-bond acceptors (Lipinski definition) is 2. The lowest BCUT2D eigenvalue weighted by atomic mass is 9.88. The van der Waals surface area contributed by atoms with Gasteiger partial charge in [0.15, 0.2) is 0 Å². The fourth-order valence-corrected chi connectivity index (χ4v) is 7.01. The number of pyridine rings is 2. The maximum Gasteiger partial charge on any atom is 0.0978 e. The zero-order chi connectivity index (χ0) is 30.5. The van der Waals surface area contributed by atoms with Crippen LogP contribution in [0.4, 0.5) is 0 Å². The summed E-state index contributed by atoms with van der Waals surface area (Å²) in [7, 11) is 0. The van der Waals surface area contributed by atoms with E-state index in [2.05, 4.69) is 164 Å². The monoisotopic (exact) mass is 584 g/mol. The highest BCUT2D eigenvalue weighted by molar-refractivity contribution is 6.18. The molecule has 0 amide bonds. The molecule has 0 bridgehead atoms. The van der Waals surface area contributed by atoms with E-state index in [0.717, 1.165) is 49.8 Å². The molecule has 0 radical (unpaired) electrons. The van der Waals surface area contributed by atoms with Gasteiger partial charge >= 0.3 is 0 Å². The molecule has 46 heavy (non-hydrogen) atoms. The standard InChI is InChI=1S/C44H28N2/c1-4-13-29(14-5-1)34-25-26-45-43-36(34)23-24-37-39(30-15-6-2-7-16-30)28-40(46-44(37)43)38-22-12-20-33-27-32-19-10-11-21-35(32)41(42(33)38)31-17-8-3-9-18-31/h1-28H. The van der Waals surface area contributed by atoms with Gasteiger partial charge in [-0.1, -0.05) is 146 Å².